The zero-order valence-corrected chi connectivity index (χ0v) is 13.8. The highest BCUT2D eigenvalue weighted by atomic mass is 16.6. The molecule has 0 unspecified atom stereocenters. The third-order valence-electron chi connectivity index (χ3n) is 3.80. The number of para-hydroxylation sites is 1. The molecule has 2 aromatic carbocycles. The Morgan fingerprint density at radius 3 is 2.64 bits per heavy atom. The van der Waals surface area contributed by atoms with Gasteiger partial charge in [0.1, 0.15) is 0 Å². The van der Waals surface area contributed by atoms with Crippen molar-refractivity contribution in [2.24, 2.45) is 0 Å². The minimum atomic E-state index is -0.518. The number of pyridine rings is 1. The molecule has 126 valence electrons. The molecular formula is C18H16N4O3. The minimum absolute atomic E-state index is 0.133. The quantitative estimate of drug-likeness (QED) is 0.582. The number of nitrogens with zero attached hydrogens (tertiary/aromatic N) is 3. The van der Waals surface area contributed by atoms with E-state index in [0.29, 0.717) is 16.9 Å². The summed E-state index contributed by atoms with van der Waals surface area (Å²) in [5.74, 6) is -0.425. The van der Waals surface area contributed by atoms with E-state index in [0.717, 1.165) is 5.39 Å². The highest BCUT2D eigenvalue weighted by Crippen LogP contribution is 2.27. The van der Waals surface area contributed by atoms with E-state index < -0.39 is 10.8 Å². The number of aromatic nitrogens is 1. The largest absolute Gasteiger partial charge is 0.377 e. The number of amides is 1. The summed E-state index contributed by atoms with van der Waals surface area (Å²) >= 11 is 0. The lowest BCUT2D eigenvalue weighted by molar-refractivity contribution is -0.384. The molecule has 1 amide bonds. The molecule has 0 saturated heterocycles. The minimum Gasteiger partial charge on any atom is -0.377 e. The molecule has 3 aromatic rings. The van der Waals surface area contributed by atoms with E-state index in [1.54, 1.807) is 37.3 Å². The van der Waals surface area contributed by atoms with Crippen molar-refractivity contribution in [3.63, 3.8) is 0 Å². The summed E-state index contributed by atoms with van der Waals surface area (Å²) in [6.07, 6.45) is 1.65. The van der Waals surface area contributed by atoms with Crippen molar-refractivity contribution >= 4 is 33.9 Å². The van der Waals surface area contributed by atoms with E-state index in [1.165, 1.54) is 12.1 Å². The Morgan fingerprint density at radius 2 is 1.92 bits per heavy atom. The summed E-state index contributed by atoms with van der Waals surface area (Å²) in [6.45, 7) is 0. The average molecular weight is 336 g/mol. The van der Waals surface area contributed by atoms with Crippen LogP contribution in [0.3, 0.4) is 0 Å². The number of hydrogen-bond donors (Lipinski definition) is 1. The van der Waals surface area contributed by atoms with Crippen LogP contribution in [0.4, 0.5) is 17.1 Å². The molecule has 0 aliphatic carbocycles. The standard InChI is InChI=1S/C18H16N4O3/c1-21(2)16-9-8-13(22(24)25)11-14(16)18(23)20-15-7-3-5-12-6-4-10-19-17(12)15/h3-11H,1-2H3,(H,20,23). The molecule has 0 bridgehead atoms. The number of anilines is 2. The lowest BCUT2D eigenvalue weighted by atomic mass is 10.1. The van der Waals surface area contributed by atoms with Gasteiger partial charge in [-0.2, -0.15) is 0 Å². The fraction of sp³-hybridized carbons (Fsp3) is 0.111. The van der Waals surface area contributed by atoms with Gasteiger partial charge in [-0.25, -0.2) is 0 Å². The maximum absolute atomic E-state index is 12.8. The van der Waals surface area contributed by atoms with Crippen LogP contribution in [0.2, 0.25) is 0 Å². The third kappa shape index (κ3) is 3.25. The number of nitrogens with one attached hydrogen (secondary N) is 1. The van der Waals surface area contributed by atoms with Crippen molar-refractivity contribution in [2.45, 2.75) is 0 Å². The number of rotatable bonds is 4. The van der Waals surface area contributed by atoms with Crippen LogP contribution in [0, 0.1) is 10.1 Å². The van der Waals surface area contributed by atoms with Gasteiger partial charge in [0.25, 0.3) is 11.6 Å². The molecule has 0 radical (unpaired) electrons. The molecule has 7 heteroatoms. The Bertz CT molecular complexity index is 964. The van der Waals surface area contributed by atoms with Gasteiger partial charge in [-0.05, 0) is 18.2 Å². The normalized spacial score (nSPS) is 10.5. The second kappa shape index (κ2) is 6.56. The maximum Gasteiger partial charge on any atom is 0.270 e. The van der Waals surface area contributed by atoms with Crippen LogP contribution >= 0.6 is 0 Å². The first-order valence-corrected chi connectivity index (χ1v) is 7.58. The lowest BCUT2D eigenvalue weighted by Crippen LogP contribution is -2.19. The molecule has 25 heavy (non-hydrogen) atoms. The summed E-state index contributed by atoms with van der Waals surface area (Å²) < 4.78 is 0. The molecule has 0 aliphatic rings. The first-order chi connectivity index (χ1) is 12.0. The Kier molecular flexibility index (Phi) is 4.30. The van der Waals surface area contributed by atoms with Crippen molar-refractivity contribution in [3.8, 4) is 0 Å². The third-order valence-corrected chi connectivity index (χ3v) is 3.80. The summed E-state index contributed by atoms with van der Waals surface area (Å²) in [7, 11) is 3.55. The number of nitro benzene ring substituents is 1. The maximum atomic E-state index is 12.8. The number of nitro groups is 1. The number of hydrogen-bond acceptors (Lipinski definition) is 5. The summed E-state index contributed by atoms with van der Waals surface area (Å²) in [5.41, 5.74) is 1.91. The van der Waals surface area contributed by atoms with E-state index in [9.17, 15) is 14.9 Å². The monoisotopic (exact) mass is 336 g/mol. The van der Waals surface area contributed by atoms with Gasteiger partial charge in [0.15, 0.2) is 0 Å². The number of carbonyl (C=O) groups is 1. The van der Waals surface area contributed by atoms with E-state index in [4.69, 9.17) is 0 Å². The van der Waals surface area contributed by atoms with E-state index in [-0.39, 0.29) is 11.3 Å². The van der Waals surface area contributed by atoms with Gasteiger partial charge >= 0.3 is 0 Å². The molecule has 0 saturated carbocycles. The fourth-order valence-electron chi connectivity index (χ4n) is 2.60. The predicted octanol–water partition coefficient (Wildman–Crippen LogP) is 3.46. The first kappa shape index (κ1) is 16.4. The van der Waals surface area contributed by atoms with Gasteiger partial charge in [-0.1, -0.05) is 18.2 Å². The summed E-state index contributed by atoms with van der Waals surface area (Å²) in [5, 5.41) is 14.7. The molecule has 1 aromatic heterocycles. The van der Waals surface area contributed by atoms with Crippen LogP contribution in [0.1, 0.15) is 10.4 Å². The SMILES string of the molecule is CN(C)c1ccc([N+](=O)[O-])cc1C(=O)Nc1cccc2cccnc12. The number of benzene rings is 2. The average Bonchev–Trinajstić information content (AvgIpc) is 2.61. The van der Waals surface area contributed by atoms with E-state index in [1.807, 2.05) is 24.3 Å². The Labute approximate surface area is 144 Å². The summed E-state index contributed by atoms with van der Waals surface area (Å²) in [6, 6.07) is 13.4. The topological polar surface area (TPSA) is 88.4 Å². The Balaban J connectivity index is 2.03. The van der Waals surface area contributed by atoms with Crippen LogP contribution in [0.5, 0.6) is 0 Å². The van der Waals surface area contributed by atoms with Crippen LogP contribution in [-0.4, -0.2) is 29.9 Å². The van der Waals surface area contributed by atoms with Crippen molar-refractivity contribution < 1.29 is 9.72 Å². The van der Waals surface area contributed by atoms with Crippen molar-refractivity contribution in [2.75, 3.05) is 24.3 Å². The molecule has 0 fully saturated rings. The molecule has 3 rings (SSSR count). The Hall–Kier alpha value is -3.48. The second-order valence-electron chi connectivity index (χ2n) is 5.69. The highest BCUT2D eigenvalue weighted by molar-refractivity contribution is 6.11. The second-order valence-corrected chi connectivity index (χ2v) is 5.69. The molecular weight excluding hydrogens is 320 g/mol. The zero-order chi connectivity index (χ0) is 18.0. The molecule has 7 nitrogen and oxygen atoms in total. The first-order valence-electron chi connectivity index (χ1n) is 7.58. The van der Waals surface area contributed by atoms with Gasteiger partial charge in [0.05, 0.1) is 21.7 Å². The van der Waals surface area contributed by atoms with Crippen LogP contribution in [-0.2, 0) is 0 Å². The fourth-order valence-corrected chi connectivity index (χ4v) is 2.60. The van der Waals surface area contributed by atoms with E-state index in [2.05, 4.69) is 10.3 Å². The smallest absolute Gasteiger partial charge is 0.270 e. The number of fused-ring (bicyclic) bond motifs is 1. The number of carbonyl (C=O) groups excluding carboxylic acids is 1. The van der Waals surface area contributed by atoms with Crippen molar-refractivity contribution in [3.05, 3.63) is 70.4 Å². The van der Waals surface area contributed by atoms with Crippen LogP contribution in [0.25, 0.3) is 10.9 Å². The highest BCUT2D eigenvalue weighted by Gasteiger charge is 2.18. The molecule has 1 heterocycles. The predicted molar refractivity (Wildman–Crippen MR) is 97.1 cm³/mol. The number of non-ortho nitro benzene ring substituents is 1. The van der Waals surface area contributed by atoms with Gasteiger partial charge in [0.2, 0.25) is 0 Å². The van der Waals surface area contributed by atoms with Crippen LogP contribution < -0.4 is 10.2 Å². The van der Waals surface area contributed by atoms with Crippen molar-refractivity contribution in [1.29, 1.82) is 0 Å². The van der Waals surface area contributed by atoms with E-state index >= 15 is 0 Å². The lowest BCUT2D eigenvalue weighted by Gasteiger charge is -2.17. The molecule has 1 N–H and O–H groups in total. The van der Waals surface area contributed by atoms with Gasteiger partial charge in [-0.3, -0.25) is 19.9 Å². The summed E-state index contributed by atoms with van der Waals surface area (Å²) in [4.78, 5) is 29.3. The molecule has 0 aliphatic heterocycles. The van der Waals surface area contributed by atoms with Crippen molar-refractivity contribution in [1.82, 2.24) is 4.98 Å². The Morgan fingerprint density at radius 1 is 1.16 bits per heavy atom. The van der Waals surface area contributed by atoms with Gasteiger partial charge in [0, 0.05) is 43.5 Å². The molecule has 0 atom stereocenters. The zero-order valence-electron chi connectivity index (χ0n) is 13.8. The van der Waals surface area contributed by atoms with Gasteiger partial charge < -0.3 is 10.2 Å². The van der Waals surface area contributed by atoms with Crippen LogP contribution in [0.15, 0.2) is 54.7 Å². The van der Waals surface area contributed by atoms with Gasteiger partial charge in [-0.15, -0.1) is 0 Å². The molecule has 0 spiro atoms.